The lowest BCUT2D eigenvalue weighted by atomic mass is 9.98. The summed E-state index contributed by atoms with van der Waals surface area (Å²) in [5.41, 5.74) is 3.06. The molecule has 0 N–H and O–H groups in total. The summed E-state index contributed by atoms with van der Waals surface area (Å²) in [7, 11) is 0. The van der Waals surface area contributed by atoms with E-state index in [1.807, 2.05) is 23.1 Å². The Labute approximate surface area is 175 Å². The molecule has 6 heteroatoms. The van der Waals surface area contributed by atoms with E-state index < -0.39 is 0 Å². The van der Waals surface area contributed by atoms with Gasteiger partial charge >= 0.3 is 0 Å². The molecule has 1 aliphatic rings. The monoisotopic (exact) mass is 407 g/mol. The molecule has 1 saturated heterocycles. The van der Waals surface area contributed by atoms with Crippen LogP contribution in [0.15, 0.2) is 48.5 Å². The Kier molecular flexibility index (Phi) is 5.90. The number of nitrogens with zero attached hydrogens (tertiary/aromatic N) is 3. The molecule has 0 radical (unpaired) electrons. The Morgan fingerprint density at radius 3 is 2.69 bits per heavy atom. The van der Waals surface area contributed by atoms with Gasteiger partial charge in [-0.05, 0) is 49.4 Å². The van der Waals surface area contributed by atoms with E-state index in [1.54, 1.807) is 6.07 Å². The average molecular weight is 408 g/mol. The lowest BCUT2D eigenvalue weighted by Gasteiger charge is -2.30. The third-order valence-corrected chi connectivity index (χ3v) is 5.92. The molecule has 0 aliphatic carbocycles. The summed E-state index contributed by atoms with van der Waals surface area (Å²) in [6, 6.07) is 15.7. The summed E-state index contributed by atoms with van der Waals surface area (Å²) < 4.78 is 10.3. The summed E-state index contributed by atoms with van der Waals surface area (Å²) >= 11 is 1.23. The van der Waals surface area contributed by atoms with Gasteiger partial charge in [0, 0.05) is 36.6 Å². The molecule has 2 aromatic carbocycles. The van der Waals surface area contributed by atoms with Gasteiger partial charge in [0.25, 0.3) is 11.1 Å². The summed E-state index contributed by atoms with van der Waals surface area (Å²) in [4.78, 5) is 19.2. The largest absolute Gasteiger partial charge is 0.430 e. The second-order valence-corrected chi connectivity index (χ2v) is 8.46. The molecule has 0 unspecified atom stereocenters. The van der Waals surface area contributed by atoms with Crippen LogP contribution < -0.4 is 4.74 Å². The fraction of sp³-hybridized carbons (Fsp3) is 0.348. The minimum absolute atomic E-state index is 0.0691. The van der Waals surface area contributed by atoms with E-state index in [4.69, 9.17) is 4.74 Å². The standard InChI is InChI=1S/C23H25N3O2S/c1-16-6-8-18(9-7-16)14-21-24-23(29-25-21)28-20-5-3-4-19(15-20)22(27)26-12-10-17(2)11-13-26/h3-9,15,17H,10-14H2,1-2H3. The van der Waals surface area contributed by atoms with E-state index in [1.165, 1.54) is 22.7 Å². The molecular formula is C23H25N3O2S. The Morgan fingerprint density at radius 2 is 1.93 bits per heavy atom. The van der Waals surface area contributed by atoms with Crippen molar-refractivity contribution >= 4 is 17.4 Å². The molecule has 0 bridgehead atoms. The van der Waals surface area contributed by atoms with Crippen LogP contribution in [-0.4, -0.2) is 33.3 Å². The first-order valence-electron chi connectivity index (χ1n) is 10.0. The molecule has 0 saturated carbocycles. The predicted molar refractivity (Wildman–Crippen MR) is 115 cm³/mol. The number of hydrogen-bond donors (Lipinski definition) is 0. The molecule has 29 heavy (non-hydrogen) atoms. The lowest BCUT2D eigenvalue weighted by Crippen LogP contribution is -2.37. The van der Waals surface area contributed by atoms with Crippen LogP contribution in [0.3, 0.4) is 0 Å². The topological polar surface area (TPSA) is 55.3 Å². The van der Waals surface area contributed by atoms with Gasteiger partial charge in [0.05, 0.1) is 0 Å². The van der Waals surface area contributed by atoms with Crippen molar-refractivity contribution in [1.29, 1.82) is 0 Å². The highest BCUT2D eigenvalue weighted by Gasteiger charge is 2.21. The number of aromatic nitrogens is 2. The van der Waals surface area contributed by atoms with Crippen molar-refractivity contribution in [3.05, 3.63) is 71.0 Å². The number of piperidine rings is 1. The summed E-state index contributed by atoms with van der Waals surface area (Å²) in [5, 5.41) is 0.489. The molecule has 1 aromatic heterocycles. The van der Waals surface area contributed by atoms with Crippen molar-refractivity contribution in [2.75, 3.05) is 13.1 Å². The Morgan fingerprint density at radius 1 is 1.17 bits per heavy atom. The van der Waals surface area contributed by atoms with Crippen LogP contribution in [0.5, 0.6) is 10.9 Å². The third kappa shape index (κ3) is 5.01. The zero-order chi connectivity index (χ0) is 20.2. The fourth-order valence-corrected chi connectivity index (χ4v) is 4.00. The van der Waals surface area contributed by atoms with Crippen molar-refractivity contribution in [3.8, 4) is 10.9 Å². The second kappa shape index (κ2) is 8.74. The van der Waals surface area contributed by atoms with Gasteiger partial charge in [0.2, 0.25) is 0 Å². The van der Waals surface area contributed by atoms with Crippen LogP contribution in [0.4, 0.5) is 0 Å². The van der Waals surface area contributed by atoms with E-state index in [0.717, 1.165) is 31.8 Å². The highest BCUT2D eigenvalue weighted by Crippen LogP contribution is 2.26. The van der Waals surface area contributed by atoms with Crippen molar-refractivity contribution < 1.29 is 9.53 Å². The molecule has 1 fully saturated rings. The van der Waals surface area contributed by atoms with Crippen molar-refractivity contribution in [3.63, 3.8) is 0 Å². The molecular weight excluding hydrogens is 382 g/mol. The smallest absolute Gasteiger partial charge is 0.298 e. The highest BCUT2D eigenvalue weighted by molar-refractivity contribution is 7.07. The predicted octanol–water partition coefficient (Wildman–Crippen LogP) is 5.10. The highest BCUT2D eigenvalue weighted by atomic mass is 32.1. The van der Waals surface area contributed by atoms with Crippen LogP contribution in [0.25, 0.3) is 0 Å². The Balaban J connectivity index is 1.41. The zero-order valence-electron chi connectivity index (χ0n) is 16.8. The van der Waals surface area contributed by atoms with Crippen LogP contribution in [0, 0.1) is 12.8 Å². The minimum atomic E-state index is 0.0691. The Bertz CT molecular complexity index is 976. The molecule has 1 amide bonds. The van der Waals surface area contributed by atoms with Crippen molar-refractivity contribution in [2.45, 2.75) is 33.1 Å². The second-order valence-electron chi connectivity index (χ2n) is 7.74. The van der Waals surface area contributed by atoms with Gasteiger partial charge in [-0.3, -0.25) is 4.79 Å². The molecule has 0 atom stereocenters. The number of benzene rings is 2. The van der Waals surface area contributed by atoms with Crippen LogP contribution >= 0.6 is 11.5 Å². The number of amides is 1. The number of carbonyl (C=O) groups excluding carboxylic acids is 1. The first-order valence-corrected chi connectivity index (χ1v) is 10.8. The molecule has 5 nitrogen and oxygen atoms in total. The average Bonchev–Trinajstić information content (AvgIpc) is 3.17. The van der Waals surface area contributed by atoms with Gasteiger partial charge in [-0.25, -0.2) is 0 Å². The quantitative estimate of drug-likeness (QED) is 0.590. The maximum Gasteiger partial charge on any atom is 0.298 e. The van der Waals surface area contributed by atoms with Gasteiger partial charge in [-0.2, -0.15) is 9.36 Å². The van der Waals surface area contributed by atoms with E-state index in [0.29, 0.717) is 28.8 Å². The maximum atomic E-state index is 12.8. The van der Waals surface area contributed by atoms with E-state index in [9.17, 15) is 4.79 Å². The molecule has 0 spiro atoms. The third-order valence-electron chi connectivity index (χ3n) is 5.29. The normalized spacial score (nSPS) is 14.8. The van der Waals surface area contributed by atoms with Gasteiger partial charge in [-0.15, -0.1) is 0 Å². The number of rotatable bonds is 5. The summed E-state index contributed by atoms with van der Waals surface area (Å²) in [5.74, 6) is 2.11. The number of carbonyl (C=O) groups is 1. The first kappa shape index (κ1) is 19.6. The zero-order valence-corrected chi connectivity index (χ0v) is 17.6. The minimum Gasteiger partial charge on any atom is -0.430 e. The Hall–Kier alpha value is -2.73. The van der Waals surface area contributed by atoms with Crippen LogP contribution in [0.2, 0.25) is 0 Å². The maximum absolute atomic E-state index is 12.8. The van der Waals surface area contributed by atoms with Crippen LogP contribution in [-0.2, 0) is 6.42 Å². The summed E-state index contributed by atoms with van der Waals surface area (Å²) in [6.45, 7) is 5.96. The molecule has 150 valence electrons. The van der Waals surface area contributed by atoms with E-state index >= 15 is 0 Å². The fourth-order valence-electron chi connectivity index (χ4n) is 3.43. The molecule has 3 aromatic rings. The van der Waals surface area contributed by atoms with Crippen molar-refractivity contribution in [1.82, 2.24) is 14.3 Å². The van der Waals surface area contributed by atoms with Gasteiger partial charge in [-0.1, -0.05) is 42.8 Å². The molecule has 1 aliphatic heterocycles. The first-order chi connectivity index (χ1) is 14.1. The lowest BCUT2D eigenvalue weighted by molar-refractivity contribution is 0.0697. The number of hydrogen-bond acceptors (Lipinski definition) is 5. The summed E-state index contributed by atoms with van der Waals surface area (Å²) in [6.07, 6.45) is 2.80. The van der Waals surface area contributed by atoms with Gasteiger partial charge in [0.15, 0.2) is 5.82 Å². The van der Waals surface area contributed by atoms with E-state index in [2.05, 4.69) is 47.5 Å². The molecule has 4 rings (SSSR count). The number of ether oxygens (including phenoxy) is 1. The van der Waals surface area contributed by atoms with Gasteiger partial charge in [0.1, 0.15) is 5.75 Å². The SMILES string of the molecule is Cc1ccc(Cc2nsc(Oc3cccc(C(=O)N4CCC(C)CC4)c3)n2)cc1. The van der Waals surface area contributed by atoms with Gasteiger partial charge < -0.3 is 9.64 Å². The molecule has 2 heterocycles. The number of likely N-dealkylation sites (tertiary alicyclic amines) is 1. The van der Waals surface area contributed by atoms with Crippen molar-refractivity contribution in [2.24, 2.45) is 5.92 Å². The van der Waals surface area contributed by atoms with Crippen LogP contribution in [0.1, 0.15) is 47.1 Å². The number of aryl methyl sites for hydroxylation is 1. The van der Waals surface area contributed by atoms with E-state index in [-0.39, 0.29) is 5.91 Å².